The standard InChI is InChI=1S/C9H9N3.H3N/c1-7-4-2-3-5-8(7)9-6-10-12-11-9;/h2-6H,1H3,(H,10,11,12);1H3. The third kappa shape index (κ3) is 1.73. The van der Waals surface area contributed by atoms with Crippen molar-refractivity contribution in [3.63, 3.8) is 0 Å². The maximum atomic E-state index is 3.94. The lowest BCUT2D eigenvalue weighted by Gasteiger charge is -1.98. The molecule has 13 heavy (non-hydrogen) atoms. The second-order valence-electron chi connectivity index (χ2n) is 2.67. The molecule has 0 radical (unpaired) electrons. The van der Waals surface area contributed by atoms with Gasteiger partial charge >= 0.3 is 0 Å². The molecule has 0 aliphatic heterocycles. The molecule has 1 aromatic heterocycles. The minimum atomic E-state index is 0. The number of hydrogen-bond donors (Lipinski definition) is 2. The molecule has 1 aromatic carbocycles. The van der Waals surface area contributed by atoms with Crippen molar-refractivity contribution in [2.75, 3.05) is 0 Å². The van der Waals surface area contributed by atoms with Crippen LogP contribution in [0.5, 0.6) is 0 Å². The molecule has 0 saturated carbocycles. The fourth-order valence-corrected chi connectivity index (χ4v) is 1.19. The van der Waals surface area contributed by atoms with E-state index in [9.17, 15) is 0 Å². The van der Waals surface area contributed by atoms with Gasteiger partial charge in [-0.2, -0.15) is 0 Å². The van der Waals surface area contributed by atoms with Crippen LogP contribution in [0.15, 0.2) is 30.5 Å². The normalized spacial score (nSPS) is 9.31. The number of hydrogen-bond acceptors (Lipinski definition) is 3. The van der Waals surface area contributed by atoms with Crippen LogP contribution in [0.25, 0.3) is 11.3 Å². The van der Waals surface area contributed by atoms with Crippen molar-refractivity contribution in [3.05, 3.63) is 36.0 Å². The van der Waals surface area contributed by atoms with Gasteiger partial charge < -0.3 is 6.15 Å². The number of aromatic nitrogens is 3. The summed E-state index contributed by atoms with van der Waals surface area (Å²) < 4.78 is 0. The third-order valence-electron chi connectivity index (χ3n) is 1.84. The van der Waals surface area contributed by atoms with E-state index in [1.54, 1.807) is 6.20 Å². The molecule has 0 fully saturated rings. The highest BCUT2D eigenvalue weighted by Crippen LogP contribution is 2.18. The predicted octanol–water partition coefficient (Wildman–Crippen LogP) is 1.94. The summed E-state index contributed by atoms with van der Waals surface area (Å²) in [7, 11) is 0. The molecule has 1 heterocycles. The highest BCUT2D eigenvalue weighted by Gasteiger charge is 2.01. The summed E-state index contributed by atoms with van der Waals surface area (Å²) in [5.41, 5.74) is 3.24. The molecule has 0 bridgehead atoms. The first-order valence-electron chi connectivity index (χ1n) is 3.80. The van der Waals surface area contributed by atoms with Crippen molar-refractivity contribution < 1.29 is 0 Å². The summed E-state index contributed by atoms with van der Waals surface area (Å²) in [6.07, 6.45) is 1.79. The van der Waals surface area contributed by atoms with E-state index >= 15 is 0 Å². The van der Waals surface area contributed by atoms with Crippen LogP contribution >= 0.6 is 0 Å². The lowest BCUT2D eigenvalue weighted by Crippen LogP contribution is -1.81. The molecular formula is C9H12N4. The molecule has 0 spiro atoms. The average Bonchev–Trinajstić information content (AvgIpc) is 2.57. The highest BCUT2D eigenvalue weighted by molar-refractivity contribution is 5.61. The lowest BCUT2D eigenvalue weighted by molar-refractivity contribution is 0.942. The molecule has 0 unspecified atom stereocenters. The van der Waals surface area contributed by atoms with Gasteiger partial charge in [-0.25, -0.2) is 0 Å². The van der Waals surface area contributed by atoms with Crippen LogP contribution in [0, 0.1) is 6.92 Å². The summed E-state index contributed by atoms with van der Waals surface area (Å²) in [5, 5.41) is 10.3. The van der Waals surface area contributed by atoms with E-state index in [4.69, 9.17) is 0 Å². The summed E-state index contributed by atoms with van der Waals surface area (Å²) in [4.78, 5) is 0. The second kappa shape index (κ2) is 3.82. The first-order chi connectivity index (χ1) is 5.88. The Hall–Kier alpha value is -1.68. The van der Waals surface area contributed by atoms with Gasteiger partial charge in [0, 0.05) is 11.8 Å². The molecule has 0 saturated heterocycles. The monoisotopic (exact) mass is 176 g/mol. The predicted molar refractivity (Wildman–Crippen MR) is 51.6 cm³/mol. The highest BCUT2D eigenvalue weighted by atomic mass is 15.3. The fourth-order valence-electron chi connectivity index (χ4n) is 1.19. The Balaban J connectivity index is 0.000000845. The second-order valence-corrected chi connectivity index (χ2v) is 2.67. The first kappa shape index (κ1) is 9.41. The van der Waals surface area contributed by atoms with Gasteiger partial charge in [-0.05, 0) is 12.5 Å². The number of benzene rings is 1. The van der Waals surface area contributed by atoms with Crippen molar-refractivity contribution >= 4 is 0 Å². The Morgan fingerprint density at radius 1 is 1.23 bits per heavy atom. The van der Waals surface area contributed by atoms with Crippen LogP contribution in [0.2, 0.25) is 0 Å². The number of rotatable bonds is 1. The van der Waals surface area contributed by atoms with Crippen molar-refractivity contribution in [2.24, 2.45) is 0 Å². The van der Waals surface area contributed by atoms with E-state index in [0.717, 1.165) is 11.3 Å². The van der Waals surface area contributed by atoms with Gasteiger partial charge in [0.15, 0.2) is 0 Å². The third-order valence-corrected chi connectivity index (χ3v) is 1.84. The fraction of sp³-hybridized carbons (Fsp3) is 0.111. The number of aryl methyl sites for hydroxylation is 1. The van der Waals surface area contributed by atoms with Gasteiger partial charge in [0.1, 0.15) is 5.69 Å². The van der Waals surface area contributed by atoms with Crippen LogP contribution in [-0.2, 0) is 0 Å². The van der Waals surface area contributed by atoms with Gasteiger partial charge in [-0.1, -0.05) is 29.5 Å². The quantitative estimate of drug-likeness (QED) is 0.697. The summed E-state index contributed by atoms with van der Waals surface area (Å²) in [6, 6.07) is 8.10. The van der Waals surface area contributed by atoms with Gasteiger partial charge in [0.2, 0.25) is 0 Å². The van der Waals surface area contributed by atoms with Gasteiger partial charge in [-0.3, -0.25) is 5.10 Å². The summed E-state index contributed by atoms with van der Waals surface area (Å²) in [5.74, 6) is 0. The van der Waals surface area contributed by atoms with E-state index in [0.29, 0.717) is 0 Å². The molecule has 0 aliphatic rings. The van der Waals surface area contributed by atoms with Crippen molar-refractivity contribution in [1.29, 1.82) is 0 Å². The van der Waals surface area contributed by atoms with Crippen molar-refractivity contribution in [2.45, 2.75) is 6.92 Å². The van der Waals surface area contributed by atoms with Gasteiger partial charge in [0.25, 0.3) is 0 Å². The van der Waals surface area contributed by atoms with E-state index in [2.05, 4.69) is 28.4 Å². The number of nitrogens with zero attached hydrogens (tertiary/aromatic N) is 2. The molecule has 4 nitrogen and oxygen atoms in total. The Bertz CT molecular complexity index is 367. The Morgan fingerprint density at radius 2 is 2.00 bits per heavy atom. The molecule has 4 N–H and O–H groups in total. The smallest absolute Gasteiger partial charge is 0.113 e. The molecule has 4 heteroatoms. The van der Waals surface area contributed by atoms with E-state index < -0.39 is 0 Å². The number of aromatic amines is 1. The van der Waals surface area contributed by atoms with Crippen LogP contribution in [-0.4, -0.2) is 15.4 Å². The van der Waals surface area contributed by atoms with Gasteiger partial charge in [-0.15, -0.1) is 5.10 Å². The minimum Gasteiger partial charge on any atom is -0.344 e. The lowest BCUT2D eigenvalue weighted by atomic mass is 10.1. The molecular weight excluding hydrogens is 164 g/mol. The van der Waals surface area contributed by atoms with Crippen molar-refractivity contribution in [3.8, 4) is 11.3 Å². The summed E-state index contributed by atoms with van der Waals surface area (Å²) >= 11 is 0. The van der Waals surface area contributed by atoms with E-state index in [1.165, 1.54) is 5.56 Å². The molecule has 2 rings (SSSR count). The van der Waals surface area contributed by atoms with Crippen LogP contribution in [0.3, 0.4) is 0 Å². The van der Waals surface area contributed by atoms with E-state index in [1.807, 2.05) is 18.2 Å². The zero-order chi connectivity index (χ0) is 8.39. The minimum absolute atomic E-state index is 0. The molecule has 0 aliphatic carbocycles. The number of H-pyrrole nitrogens is 1. The Morgan fingerprint density at radius 3 is 2.62 bits per heavy atom. The maximum Gasteiger partial charge on any atom is 0.113 e. The van der Waals surface area contributed by atoms with Gasteiger partial charge in [0.05, 0.1) is 0 Å². The van der Waals surface area contributed by atoms with E-state index in [-0.39, 0.29) is 6.15 Å². The van der Waals surface area contributed by atoms with Crippen molar-refractivity contribution in [1.82, 2.24) is 21.6 Å². The summed E-state index contributed by atoms with van der Waals surface area (Å²) in [6.45, 7) is 2.06. The topological polar surface area (TPSA) is 76.6 Å². The molecule has 68 valence electrons. The van der Waals surface area contributed by atoms with Crippen LogP contribution in [0.1, 0.15) is 5.56 Å². The Kier molecular flexibility index (Phi) is 2.76. The zero-order valence-corrected chi connectivity index (χ0v) is 7.49. The molecule has 0 atom stereocenters. The average molecular weight is 176 g/mol. The molecule has 0 amide bonds. The van der Waals surface area contributed by atoms with Crippen LogP contribution < -0.4 is 6.15 Å². The molecule has 2 aromatic rings. The number of nitrogens with one attached hydrogen (secondary N) is 1. The first-order valence-corrected chi connectivity index (χ1v) is 3.80. The largest absolute Gasteiger partial charge is 0.344 e. The van der Waals surface area contributed by atoms with Crippen LogP contribution in [0.4, 0.5) is 0 Å². The Labute approximate surface area is 76.6 Å². The SMILES string of the molecule is Cc1ccccc1-c1c[nH]nn1.N. The maximum absolute atomic E-state index is 3.94. The zero-order valence-electron chi connectivity index (χ0n) is 7.49.